The minimum absolute atomic E-state index is 0.00582. The van der Waals surface area contributed by atoms with Crippen LogP contribution in [0.2, 0.25) is 0 Å². The van der Waals surface area contributed by atoms with Crippen LogP contribution in [0.25, 0.3) is 26.7 Å². The number of methoxy groups -OCH3 is 1. The summed E-state index contributed by atoms with van der Waals surface area (Å²) < 4.78 is 12.8. The number of hydrogen-bond acceptors (Lipinski definition) is 7. The van der Waals surface area contributed by atoms with Gasteiger partial charge in [-0.1, -0.05) is 31.2 Å². The fraction of sp³-hybridized carbons (Fsp3) is 0.452. The first-order valence-electron chi connectivity index (χ1n) is 14.1. The maximum Gasteiger partial charge on any atom is 0.350 e. The number of nitrogens with zero attached hydrogens (tertiary/aromatic N) is 3. The second-order valence-electron chi connectivity index (χ2n) is 11.1. The lowest BCUT2D eigenvalue weighted by Crippen LogP contribution is -2.42. The molecule has 0 atom stereocenters. The van der Waals surface area contributed by atoms with Gasteiger partial charge >= 0.3 is 5.97 Å². The molecule has 1 saturated heterocycles. The molecular formula is C31H35N3O4S2. The topological polar surface area (TPSA) is 73.1 Å². The first kappa shape index (κ1) is 27.2. The van der Waals surface area contributed by atoms with E-state index in [1.807, 2.05) is 33.1 Å². The van der Waals surface area contributed by atoms with Crippen molar-refractivity contribution in [2.24, 2.45) is 17.8 Å². The summed E-state index contributed by atoms with van der Waals surface area (Å²) in [7, 11) is 1.41. The van der Waals surface area contributed by atoms with Crippen molar-refractivity contribution in [2.45, 2.75) is 45.4 Å². The second kappa shape index (κ2) is 11.8. The molecular weight excluding hydrogens is 542 g/mol. The quantitative estimate of drug-likeness (QED) is 0.218. The molecule has 1 amide bonds. The Morgan fingerprint density at radius 1 is 1.07 bits per heavy atom. The highest BCUT2D eigenvalue weighted by Crippen LogP contribution is 2.40. The summed E-state index contributed by atoms with van der Waals surface area (Å²) in [4.78, 5) is 36.1. The van der Waals surface area contributed by atoms with Crippen LogP contribution >= 0.6 is 22.7 Å². The molecule has 0 bridgehead atoms. The number of rotatable bonds is 7. The number of hydrogen-bond donors (Lipinski definition) is 0. The molecule has 0 radical (unpaired) electrons. The van der Waals surface area contributed by atoms with Gasteiger partial charge in [-0.15, -0.1) is 22.7 Å². The van der Waals surface area contributed by atoms with Crippen molar-refractivity contribution in [2.75, 3.05) is 31.8 Å². The summed E-state index contributed by atoms with van der Waals surface area (Å²) in [6.45, 7) is 4.30. The van der Waals surface area contributed by atoms with E-state index in [1.54, 1.807) is 11.3 Å². The average molecular weight is 578 g/mol. The van der Waals surface area contributed by atoms with E-state index < -0.39 is 5.97 Å². The lowest BCUT2D eigenvalue weighted by molar-refractivity contribution is -0.123. The highest BCUT2D eigenvalue weighted by atomic mass is 32.1. The molecule has 4 aromatic rings. The third kappa shape index (κ3) is 5.60. The molecule has 4 heterocycles. The van der Waals surface area contributed by atoms with Crippen LogP contribution in [0.1, 0.15) is 55.1 Å². The van der Waals surface area contributed by atoms with E-state index in [-0.39, 0.29) is 11.8 Å². The number of anilines is 1. The molecule has 1 aliphatic heterocycles. The fourth-order valence-electron chi connectivity index (χ4n) is 5.86. The zero-order chi connectivity index (χ0) is 27.6. The van der Waals surface area contributed by atoms with Gasteiger partial charge in [0.15, 0.2) is 4.96 Å². The Hall–Kier alpha value is -3.01. The van der Waals surface area contributed by atoms with Crippen molar-refractivity contribution in [3.63, 3.8) is 0 Å². The van der Waals surface area contributed by atoms with Gasteiger partial charge in [-0.25, -0.2) is 9.78 Å². The summed E-state index contributed by atoms with van der Waals surface area (Å²) in [6.07, 6.45) is 9.83. The van der Waals surface area contributed by atoms with Crippen LogP contribution in [-0.2, 0) is 14.3 Å². The Morgan fingerprint density at radius 2 is 1.80 bits per heavy atom. The molecule has 1 aromatic carbocycles. The molecule has 0 spiro atoms. The van der Waals surface area contributed by atoms with Crippen molar-refractivity contribution in [1.29, 1.82) is 0 Å². The van der Waals surface area contributed by atoms with E-state index in [0.717, 1.165) is 65.2 Å². The molecule has 0 N–H and O–H groups in total. The smallest absolute Gasteiger partial charge is 0.350 e. The first-order chi connectivity index (χ1) is 19.5. The first-order valence-corrected chi connectivity index (χ1v) is 15.8. The molecule has 2 fully saturated rings. The van der Waals surface area contributed by atoms with Gasteiger partial charge in [-0.05, 0) is 62.0 Å². The van der Waals surface area contributed by atoms with Crippen molar-refractivity contribution in [1.82, 2.24) is 9.38 Å². The van der Waals surface area contributed by atoms with E-state index in [0.29, 0.717) is 42.2 Å². The number of thiazole rings is 1. The third-order valence-corrected chi connectivity index (χ3v) is 10.3. The number of benzene rings is 1. The number of amides is 1. The van der Waals surface area contributed by atoms with Crippen molar-refractivity contribution < 1.29 is 19.1 Å². The zero-order valence-electron chi connectivity index (χ0n) is 23.0. The van der Waals surface area contributed by atoms with Crippen LogP contribution in [-0.4, -0.2) is 48.1 Å². The molecule has 210 valence electrons. The predicted molar refractivity (Wildman–Crippen MR) is 160 cm³/mol. The van der Waals surface area contributed by atoms with E-state index in [4.69, 9.17) is 14.5 Å². The van der Waals surface area contributed by atoms with Gasteiger partial charge in [-0.3, -0.25) is 9.20 Å². The molecule has 40 heavy (non-hydrogen) atoms. The van der Waals surface area contributed by atoms with Gasteiger partial charge in [0, 0.05) is 53.9 Å². The van der Waals surface area contributed by atoms with Crippen LogP contribution in [0.3, 0.4) is 0 Å². The number of ether oxygens (including phenoxy) is 2. The molecule has 9 heteroatoms. The van der Waals surface area contributed by atoms with Gasteiger partial charge in [0.05, 0.1) is 18.5 Å². The second-order valence-corrected chi connectivity index (χ2v) is 13.0. The Morgan fingerprint density at radius 3 is 2.50 bits per heavy atom. The van der Waals surface area contributed by atoms with E-state index in [2.05, 4.69) is 31.2 Å². The third-order valence-electron chi connectivity index (χ3n) is 8.35. The normalized spacial score (nSPS) is 20.1. The van der Waals surface area contributed by atoms with Crippen molar-refractivity contribution >= 4 is 45.2 Å². The molecule has 7 nitrogen and oxygen atoms in total. The number of carbonyl (C=O) groups is 2. The van der Waals surface area contributed by atoms with E-state index >= 15 is 0 Å². The Kier molecular flexibility index (Phi) is 8.05. The average Bonchev–Trinajstić information content (AvgIpc) is 3.72. The summed E-state index contributed by atoms with van der Waals surface area (Å²) in [6, 6.07) is 10.3. The lowest BCUT2D eigenvalue weighted by Gasteiger charge is -2.34. The summed E-state index contributed by atoms with van der Waals surface area (Å²) in [5, 5.41) is 2.02. The molecule has 6 rings (SSSR count). The number of aromatic nitrogens is 2. The van der Waals surface area contributed by atoms with Crippen LogP contribution in [0.5, 0.6) is 0 Å². The number of carbonyl (C=O) groups excluding carboxylic acids is 2. The van der Waals surface area contributed by atoms with Crippen LogP contribution in [0.4, 0.5) is 5.69 Å². The van der Waals surface area contributed by atoms with Crippen LogP contribution in [0, 0.1) is 17.8 Å². The van der Waals surface area contributed by atoms with Crippen molar-refractivity contribution in [3.8, 4) is 21.7 Å². The lowest BCUT2D eigenvalue weighted by atomic mass is 9.82. The van der Waals surface area contributed by atoms with Crippen molar-refractivity contribution in [3.05, 3.63) is 53.0 Å². The van der Waals surface area contributed by atoms with Gasteiger partial charge < -0.3 is 14.4 Å². The highest BCUT2D eigenvalue weighted by molar-refractivity contribution is 7.18. The minimum Gasteiger partial charge on any atom is -0.465 e. The summed E-state index contributed by atoms with van der Waals surface area (Å²) in [5.41, 5.74) is 3.64. The maximum atomic E-state index is 14.1. The highest BCUT2D eigenvalue weighted by Gasteiger charge is 2.34. The Balaban J connectivity index is 1.33. The summed E-state index contributed by atoms with van der Waals surface area (Å²) >= 11 is 3.01. The number of imidazole rings is 1. The number of thiophene rings is 1. The summed E-state index contributed by atoms with van der Waals surface area (Å²) in [5.74, 6) is 0.741. The minimum atomic E-state index is -0.400. The van der Waals surface area contributed by atoms with Gasteiger partial charge in [-0.2, -0.15) is 0 Å². The van der Waals surface area contributed by atoms with Gasteiger partial charge in [0.2, 0.25) is 5.91 Å². The fourth-order valence-corrected chi connectivity index (χ4v) is 7.64. The maximum absolute atomic E-state index is 14.1. The van der Waals surface area contributed by atoms with Crippen LogP contribution in [0.15, 0.2) is 48.1 Å². The molecule has 3 aromatic heterocycles. The van der Waals surface area contributed by atoms with E-state index in [9.17, 15) is 9.59 Å². The monoisotopic (exact) mass is 577 g/mol. The van der Waals surface area contributed by atoms with E-state index in [1.165, 1.54) is 18.4 Å². The zero-order valence-corrected chi connectivity index (χ0v) is 24.6. The number of esters is 1. The SMILES string of the molecule is COC(=O)c1sc(-c2ccc(-c3cn4ccsc4n3)cc2)cc1N(CC1CCOCC1)C(=O)C1CCC(C)CC1. The molecule has 1 saturated carbocycles. The Labute approximate surface area is 242 Å². The molecule has 2 aliphatic rings. The predicted octanol–water partition coefficient (Wildman–Crippen LogP) is 7.16. The number of fused-ring (bicyclic) bond motifs is 1. The molecule has 0 unspecified atom stereocenters. The largest absolute Gasteiger partial charge is 0.465 e. The Bertz CT molecular complexity index is 1450. The molecule has 1 aliphatic carbocycles. The van der Waals surface area contributed by atoms with Crippen LogP contribution < -0.4 is 4.90 Å². The van der Waals surface area contributed by atoms with Gasteiger partial charge in [0.1, 0.15) is 4.88 Å². The van der Waals surface area contributed by atoms with Gasteiger partial charge in [0.25, 0.3) is 0 Å². The standard InChI is InChI=1S/C31H35N3O4S2/c1-20-3-5-24(6-4-20)29(35)34(18-21-11-14-38-15-12-21)26-17-27(40-28(26)30(36)37-2)23-9-7-22(8-10-23)25-19-33-13-16-39-31(33)32-25/h7-10,13,16-17,19-21,24H,3-6,11-12,14-15,18H2,1-2H3.